The topological polar surface area (TPSA) is 38.0 Å². The molecule has 0 heterocycles. The van der Waals surface area contributed by atoms with E-state index in [0.29, 0.717) is 6.04 Å². The van der Waals surface area contributed by atoms with Gasteiger partial charge in [-0.3, -0.25) is 0 Å². The second-order valence-electron chi connectivity index (χ2n) is 5.98. The normalized spacial score (nSPS) is 49.8. The van der Waals surface area contributed by atoms with Gasteiger partial charge in [-0.2, -0.15) is 0 Å². The van der Waals surface area contributed by atoms with Crippen LogP contribution in [0, 0.1) is 11.8 Å². The third-order valence-electron chi connectivity index (χ3n) is 5.01. The van der Waals surface area contributed by atoms with Crippen LogP contribution in [0.4, 0.5) is 0 Å². The van der Waals surface area contributed by atoms with Crippen LogP contribution in [-0.2, 0) is 0 Å². The van der Waals surface area contributed by atoms with Crippen LogP contribution in [0.2, 0.25) is 0 Å². The van der Waals surface area contributed by atoms with E-state index in [1.54, 1.807) is 0 Å². The van der Waals surface area contributed by atoms with Crippen molar-refractivity contribution in [2.24, 2.45) is 17.6 Å². The van der Waals surface area contributed by atoms with Crippen molar-refractivity contribution < 1.29 is 0 Å². The number of fused-ring (bicyclic) bond motifs is 1. The van der Waals surface area contributed by atoms with Gasteiger partial charge in [-0.05, 0) is 56.8 Å². The Kier molecular flexibility index (Phi) is 2.73. The lowest BCUT2D eigenvalue weighted by Crippen LogP contribution is -2.57. The van der Waals surface area contributed by atoms with Crippen molar-refractivity contribution in [2.45, 2.75) is 69.5 Å². The summed E-state index contributed by atoms with van der Waals surface area (Å²) in [6.45, 7) is 0. The van der Waals surface area contributed by atoms with Crippen LogP contribution >= 0.6 is 0 Å². The minimum absolute atomic E-state index is 0.481. The van der Waals surface area contributed by atoms with Crippen LogP contribution in [-0.4, -0.2) is 18.1 Å². The fourth-order valence-electron chi connectivity index (χ4n) is 3.71. The van der Waals surface area contributed by atoms with Gasteiger partial charge in [-0.15, -0.1) is 0 Å². The van der Waals surface area contributed by atoms with E-state index in [9.17, 15) is 0 Å². The lowest BCUT2D eigenvalue weighted by molar-refractivity contribution is -0.00129. The molecule has 3 N–H and O–H groups in total. The molecule has 0 bridgehead atoms. The van der Waals surface area contributed by atoms with Gasteiger partial charge in [0.1, 0.15) is 0 Å². The Labute approximate surface area is 93.0 Å². The summed E-state index contributed by atoms with van der Waals surface area (Å²) < 4.78 is 0. The van der Waals surface area contributed by atoms with E-state index in [4.69, 9.17) is 5.73 Å². The Morgan fingerprint density at radius 3 is 2.53 bits per heavy atom. The third-order valence-corrected chi connectivity index (χ3v) is 5.01. The summed E-state index contributed by atoms with van der Waals surface area (Å²) in [7, 11) is 0. The van der Waals surface area contributed by atoms with Gasteiger partial charge >= 0.3 is 0 Å². The zero-order valence-corrected chi connectivity index (χ0v) is 9.62. The average molecular weight is 208 g/mol. The Balaban J connectivity index is 1.46. The summed E-state index contributed by atoms with van der Waals surface area (Å²) >= 11 is 0. The van der Waals surface area contributed by atoms with Crippen molar-refractivity contribution in [3.63, 3.8) is 0 Å². The number of hydrogen-bond donors (Lipinski definition) is 2. The molecule has 0 saturated heterocycles. The lowest BCUT2D eigenvalue weighted by Gasteiger charge is -2.54. The second-order valence-corrected chi connectivity index (χ2v) is 5.98. The summed E-state index contributed by atoms with van der Waals surface area (Å²) in [4.78, 5) is 0. The predicted molar refractivity (Wildman–Crippen MR) is 62.6 cm³/mol. The first kappa shape index (κ1) is 10.1. The maximum atomic E-state index is 6.01. The first-order valence-electron chi connectivity index (χ1n) is 6.84. The van der Waals surface area contributed by atoms with Gasteiger partial charge in [0.15, 0.2) is 0 Å². The molecule has 0 amide bonds. The SMILES string of the molecule is NC1CCCC(NC2CC3CCC32)CC1. The molecule has 0 aliphatic heterocycles. The molecule has 2 heteroatoms. The molecule has 86 valence electrons. The maximum Gasteiger partial charge on any atom is 0.0103 e. The lowest BCUT2D eigenvalue weighted by atomic mass is 9.56. The van der Waals surface area contributed by atoms with Crippen LogP contribution in [0.3, 0.4) is 0 Å². The van der Waals surface area contributed by atoms with Crippen LogP contribution in [0.5, 0.6) is 0 Å². The van der Waals surface area contributed by atoms with E-state index in [-0.39, 0.29) is 0 Å². The molecule has 2 nitrogen and oxygen atoms in total. The first-order chi connectivity index (χ1) is 7.33. The summed E-state index contributed by atoms with van der Waals surface area (Å²) in [5.74, 6) is 2.16. The van der Waals surface area contributed by atoms with E-state index in [1.807, 2.05) is 0 Å². The highest BCUT2D eigenvalue weighted by Crippen LogP contribution is 2.50. The third kappa shape index (κ3) is 1.94. The van der Waals surface area contributed by atoms with Crippen LogP contribution in [0.15, 0.2) is 0 Å². The van der Waals surface area contributed by atoms with Gasteiger partial charge in [0.25, 0.3) is 0 Å². The molecule has 5 atom stereocenters. The average Bonchev–Trinajstić information content (AvgIpc) is 2.39. The van der Waals surface area contributed by atoms with E-state index < -0.39 is 0 Å². The van der Waals surface area contributed by atoms with Gasteiger partial charge < -0.3 is 11.1 Å². The summed E-state index contributed by atoms with van der Waals surface area (Å²) in [6, 6.07) is 2.14. The zero-order valence-electron chi connectivity index (χ0n) is 9.62. The Bertz CT molecular complexity index is 229. The Morgan fingerprint density at radius 2 is 1.87 bits per heavy atom. The van der Waals surface area contributed by atoms with Crippen molar-refractivity contribution in [1.82, 2.24) is 5.32 Å². The fourth-order valence-corrected chi connectivity index (χ4v) is 3.71. The van der Waals surface area contributed by atoms with Crippen molar-refractivity contribution in [3.8, 4) is 0 Å². The number of hydrogen-bond acceptors (Lipinski definition) is 2. The molecular weight excluding hydrogens is 184 g/mol. The first-order valence-corrected chi connectivity index (χ1v) is 6.84. The number of nitrogens with one attached hydrogen (secondary N) is 1. The van der Waals surface area contributed by atoms with Gasteiger partial charge in [0, 0.05) is 18.1 Å². The molecule has 0 aromatic heterocycles. The smallest absolute Gasteiger partial charge is 0.0103 e. The van der Waals surface area contributed by atoms with Crippen LogP contribution < -0.4 is 11.1 Å². The zero-order chi connectivity index (χ0) is 10.3. The molecule has 3 fully saturated rings. The molecule has 3 saturated carbocycles. The van der Waals surface area contributed by atoms with E-state index >= 15 is 0 Å². The standard InChI is InChI=1S/C13H24N2/c14-10-2-1-3-11(6-5-10)15-13-8-9-4-7-12(9)13/h9-13,15H,1-8,14H2. The fraction of sp³-hybridized carbons (Fsp3) is 1.00. The molecule has 0 spiro atoms. The molecule has 3 rings (SSSR count). The maximum absolute atomic E-state index is 6.01. The molecular formula is C13H24N2. The van der Waals surface area contributed by atoms with Crippen molar-refractivity contribution in [1.29, 1.82) is 0 Å². The second kappa shape index (κ2) is 4.06. The largest absolute Gasteiger partial charge is 0.328 e. The molecule has 0 aromatic rings. The molecule has 3 aliphatic rings. The highest BCUT2D eigenvalue weighted by atomic mass is 15.0. The monoisotopic (exact) mass is 208 g/mol. The van der Waals surface area contributed by atoms with E-state index in [0.717, 1.165) is 23.9 Å². The van der Waals surface area contributed by atoms with Gasteiger partial charge in [0.2, 0.25) is 0 Å². The minimum atomic E-state index is 0.481. The number of rotatable bonds is 2. The molecule has 15 heavy (non-hydrogen) atoms. The molecule has 3 aliphatic carbocycles. The summed E-state index contributed by atoms with van der Waals surface area (Å²) in [5.41, 5.74) is 6.01. The quantitative estimate of drug-likeness (QED) is 0.682. The minimum Gasteiger partial charge on any atom is -0.328 e. The van der Waals surface area contributed by atoms with Gasteiger partial charge in [-0.1, -0.05) is 6.42 Å². The van der Waals surface area contributed by atoms with E-state index in [1.165, 1.54) is 51.4 Å². The molecule has 5 unspecified atom stereocenters. The summed E-state index contributed by atoms with van der Waals surface area (Å²) in [6.07, 6.45) is 11.0. The Hall–Kier alpha value is -0.0800. The van der Waals surface area contributed by atoms with Crippen molar-refractivity contribution >= 4 is 0 Å². The van der Waals surface area contributed by atoms with Crippen LogP contribution in [0.25, 0.3) is 0 Å². The van der Waals surface area contributed by atoms with Gasteiger partial charge in [-0.25, -0.2) is 0 Å². The summed E-state index contributed by atoms with van der Waals surface area (Å²) in [5, 5.41) is 3.89. The van der Waals surface area contributed by atoms with Gasteiger partial charge in [0.05, 0.1) is 0 Å². The Morgan fingerprint density at radius 1 is 0.933 bits per heavy atom. The molecule has 0 aromatic carbocycles. The van der Waals surface area contributed by atoms with E-state index in [2.05, 4.69) is 5.32 Å². The van der Waals surface area contributed by atoms with Crippen LogP contribution in [0.1, 0.15) is 51.4 Å². The number of nitrogens with two attached hydrogens (primary N) is 1. The highest BCUT2D eigenvalue weighted by Gasteiger charge is 2.47. The predicted octanol–water partition coefficient (Wildman–Crippen LogP) is 2.03. The van der Waals surface area contributed by atoms with Crippen molar-refractivity contribution in [2.75, 3.05) is 0 Å². The van der Waals surface area contributed by atoms with Crippen molar-refractivity contribution in [3.05, 3.63) is 0 Å². The highest BCUT2D eigenvalue weighted by molar-refractivity contribution is 5.01. The molecule has 0 radical (unpaired) electrons.